The molecule has 0 radical (unpaired) electrons. The van der Waals surface area contributed by atoms with Crippen molar-refractivity contribution in [2.45, 2.75) is 12.8 Å². The molecule has 3 rings (SSSR count). The number of fused-ring (bicyclic) bond motifs is 1. The Kier molecular flexibility index (Phi) is 3.74. The lowest BCUT2D eigenvalue weighted by molar-refractivity contribution is 0.0788. The molecule has 2 aromatic rings. The number of carbonyl (C=O) groups excluding carboxylic acids is 2. The second-order valence-electron chi connectivity index (χ2n) is 4.86. The van der Waals surface area contributed by atoms with Crippen LogP contribution in [0.15, 0.2) is 22.3 Å². The smallest absolute Gasteiger partial charge is 0.257 e. The summed E-state index contributed by atoms with van der Waals surface area (Å²) in [5.74, 6) is 0.158. The van der Waals surface area contributed by atoms with Crippen molar-refractivity contribution in [3.8, 4) is 0 Å². The van der Waals surface area contributed by atoms with Gasteiger partial charge in [0.05, 0.1) is 16.1 Å². The van der Waals surface area contributed by atoms with E-state index in [1.165, 1.54) is 6.26 Å². The van der Waals surface area contributed by atoms with E-state index in [-0.39, 0.29) is 11.8 Å². The van der Waals surface area contributed by atoms with Gasteiger partial charge < -0.3 is 14.6 Å². The van der Waals surface area contributed by atoms with Crippen LogP contribution in [-0.4, -0.2) is 41.8 Å². The maximum absolute atomic E-state index is 12.5. The molecule has 6 nitrogen and oxygen atoms in total. The largest absolute Gasteiger partial charge is 0.468 e. The molecule has 2 amide bonds. The van der Waals surface area contributed by atoms with Gasteiger partial charge in [-0.3, -0.25) is 9.59 Å². The van der Waals surface area contributed by atoms with E-state index in [1.54, 1.807) is 29.5 Å². The van der Waals surface area contributed by atoms with Crippen molar-refractivity contribution in [1.29, 1.82) is 0 Å². The molecular formula is C14H15N3O3S. The lowest BCUT2D eigenvalue weighted by Crippen LogP contribution is -2.35. The molecule has 1 aliphatic heterocycles. The molecule has 0 unspecified atom stereocenters. The summed E-state index contributed by atoms with van der Waals surface area (Å²) in [5.41, 5.74) is 0.719. The van der Waals surface area contributed by atoms with E-state index < -0.39 is 0 Å². The Hall–Kier alpha value is -2.15. The Labute approximate surface area is 125 Å². The number of hydrogen-bond donors (Lipinski definition) is 1. The number of hydrogen-bond acceptors (Lipinski definition) is 5. The van der Waals surface area contributed by atoms with Gasteiger partial charge in [0.2, 0.25) is 0 Å². The van der Waals surface area contributed by atoms with E-state index >= 15 is 0 Å². The van der Waals surface area contributed by atoms with Gasteiger partial charge in [-0.1, -0.05) is 0 Å². The van der Waals surface area contributed by atoms with Crippen LogP contribution in [0.5, 0.6) is 0 Å². The number of amides is 2. The molecule has 0 aromatic carbocycles. The van der Waals surface area contributed by atoms with Crippen LogP contribution in [0, 0.1) is 0 Å². The summed E-state index contributed by atoms with van der Waals surface area (Å²) in [6.07, 6.45) is 4.46. The van der Waals surface area contributed by atoms with Crippen LogP contribution in [0.4, 0.5) is 0 Å². The standard InChI is InChI=1S/C14H15N3O3S/c1-17(6-3-11-15-5-7-21-11)14(19)9-8-20-10-2-4-16-13(18)12(9)10/h5,7-8H,2-4,6H2,1H3,(H,16,18). The van der Waals surface area contributed by atoms with E-state index in [0.717, 1.165) is 5.01 Å². The molecule has 0 spiro atoms. The summed E-state index contributed by atoms with van der Waals surface area (Å²) in [6, 6.07) is 0. The number of nitrogens with zero attached hydrogens (tertiary/aromatic N) is 2. The molecule has 110 valence electrons. The van der Waals surface area contributed by atoms with Crippen LogP contribution in [0.2, 0.25) is 0 Å². The Bertz CT molecular complexity index is 663. The molecule has 0 atom stereocenters. The summed E-state index contributed by atoms with van der Waals surface area (Å²) >= 11 is 1.57. The van der Waals surface area contributed by atoms with Crippen molar-refractivity contribution in [2.75, 3.05) is 20.1 Å². The molecular weight excluding hydrogens is 290 g/mol. The second kappa shape index (κ2) is 5.69. The summed E-state index contributed by atoms with van der Waals surface area (Å²) in [6.45, 7) is 1.10. The topological polar surface area (TPSA) is 75.4 Å². The first-order valence-electron chi connectivity index (χ1n) is 6.69. The number of likely N-dealkylation sites (N-methyl/N-ethyl adjacent to an activating group) is 1. The minimum atomic E-state index is -0.235. The Morgan fingerprint density at radius 2 is 2.43 bits per heavy atom. The number of rotatable bonds is 4. The highest BCUT2D eigenvalue weighted by atomic mass is 32.1. The van der Waals surface area contributed by atoms with Crippen molar-refractivity contribution in [3.05, 3.63) is 39.7 Å². The maximum Gasteiger partial charge on any atom is 0.257 e. The quantitative estimate of drug-likeness (QED) is 0.925. The number of carbonyl (C=O) groups is 2. The van der Waals surface area contributed by atoms with E-state index in [4.69, 9.17) is 4.42 Å². The molecule has 0 aliphatic carbocycles. The van der Waals surface area contributed by atoms with Crippen molar-refractivity contribution >= 4 is 23.2 Å². The third-order valence-corrected chi connectivity index (χ3v) is 4.29. The first-order valence-corrected chi connectivity index (χ1v) is 7.57. The summed E-state index contributed by atoms with van der Waals surface area (Å²) in [7, 11) is 1.72. The summed E-state index contributed by atoms with van der Waals surface area (Å²) in [4.78, 5) is 30.1. The molecule has 1 aliphatic rings. The Balaban J connectivity index is 1.73. The minimum absolute atomic E-state index is 0.200. The average Bonchev–Trinajstić information content (AvgIpc) is 3.13. The lowest BCUT2D eigenvalue weighted by Gasteiger charge is -2.17. The molecule has 21 heavy (non-hydrogen) atoms. The first kappa shape index (κ1) is 13.8. The van der Waals surface area contributed by atoms with Crippen molar-refractivity contribution in [3.63, 3.8) is 0 Å². The van der Waals surface area contributed by atoms with Crippen LogP contribution in [0.3, 0.4) is 0 Å². The number of furan rings is 1. The zero-order chi connectivity index (χ0) is 14.8. The molecule has 1 N–H and O–H groups in total. The first-order chi connectivity index (χ1) is 10.2. The highest BCUT2D eigenvalue weighted by Gasteiger charge is 2.29. The van der Waals surface area contributed by atoms with E-state index in [0.29, 0.717) is 42.8 Å². The van der Waals surface area contributed by atoms with Gasteiger partial charge in [0, 0.05) is 44.6 Å². The average molecular weight is 305 g/mol. The fourth-order valence-electron chi connectivity index (χ4n) is 2.31. The zero-order valence-electron chi connectivity index (χ0n) is 11.6. The SMILES string of the molecule is CN(CCc1nccs1)C(=O)c1coc2c1C(=O)NCC2. The molecule has 3 heterocycles. The van der Waals surface area contributed by atoms with Crippen LogP contribution in [-0.2, 0) is 12.8 Å². The number of thiazole rings is 1. The predicted molar refractivity (Wildman–Crippen MR) is 77.5 cm³/mol. The molecule has 7 heteroatoms. The molecule has 0 saturated carbocycles. The van der Waals surface area contributed by atoms with Gasteiger partial charge in [0.1, 0.15) is 12.0 Å². The van der Waals surface area contributed by atoms with E-state index in [2.05, 4.69) is 10.3 Å². The highest BCUT2D eigenvalue weighted by Crippen LogP contribution is 2.22. The van der Waals surface area contributed by atoms with Gasteiger partial charge in [-0.05, 0) is 0 Å². The summed E-state index contributed by atoms with van der Waals surface area (Å²) in [5, 5.41) is 5.63. The minimum Gasteiger partial charge on any atom is -0.468 e. The van der Waals surface area contributed by atoms with Gasteiger partial charge in [-0.15, -0.1) is 11.3 Å². The Morgan fingerprint density at radius 3 is 3.19 bits per heavy atom. The predicted octanol–water partition coefficient (Wildman–Crippen LogP) is 1.34. The third kappa shape index (κ3) is 2.69. The number of aromatic nitrogens is 1. The van der Waals surface area contributed by atoms with Crippen LogP contribution in [0.25, 0.3) is 0 Å². The van der Waals surface area contributed by atoms with Gasteiger partial charge in [-0.25, -0.2) is 4.98 Å². The van der Waals surface area contributed by atoms with Crippen LogP contribution < -0.4 is 5.32 Å². The van der Waals surface area contributed by atoms with Crippen LogP contribution >= 0.6 is 11.3 Å². The normalized spacial score (nSPS) is 13.7. The number of nitrogens with one attached hydrogen (secondary N) is 1. The van der Waals surface area contributed by atoms with Crippen molar-refractivity contribution < 1.29 is 14.0 Å². The molecule has 0 saturated heterocycles. The van der Waals surface area contributed by atoms with Gasteiger partial charge in [0.25, 0.3) is 11.8 Å². The van der Waals surface area contributed by atoms with Crippen molar-refractivity contribution in [2.24, 2.45) is 0 Å². The fourth-order valence-corrected chi connectivity index (χ4v) is 2.92. The van der Waals surface area contributed by atoms with Crippen LogP contribution in [0.1, 0.15) is 31.5 Å². The Morgan fingerprint density at radius 1 is 1.57 bits per heavy atom. The van der Waals surface area contributed by atoms with E-state index in [9.17, 15) is 9.59 Å². The monoisotopic (exact) mass is 305 g/mol. The molecule has 0 fully saturated rings. The van der Waals surface area contributed by atoms with E-state index in [1.807, 2.05) is 5.38 Å². The van der Waals surface area contributed by atoms with Gasteiger partial charge >= 0.3 is 0 Å². The zero-order valence-corrected chi connectivity index (χ0v) is 12.4. The lowest BCUT2D eigenvalue weighted by atomic mass is 10.0. The highest BCUT2D eigenvalue weighted by molar-refractivity contribution is 7.09. The second-order valence-corrected chi connectivity index (χ2v) is 5.84. The van der Waals surface area contributed by atoms with Gasteiger partial charge in [0.15, 0.2) is 0 Å². The molecule has 0 bridgehead atoms. The fraction of sp³-hybridized carbons (Fsp3) is 0.357. The van der Waals surface area contributed by atoms with Crippen molar-refractivity contribution in [1.82, 2.24) is 15.2 Å². The third-order valence-electron chi connectivity index (χ3n) is 3.45. The summed E-state index contributed by atoms with van der Waals surface area (Å²) < 4.78 is 5.36. The maximum atomic E-state index is 12.5. The molecule has 2 aromatic heterocycles. The van der Waals surface area contributed by atoms with Gasteiger partial charge in [-0.2, -0.15) is 0 Å².